The van der Waals surface area contributed by atoms with E-state index in [1.165, 1.54) is 12.1 Å². The molecule has 7 nitrogen and oxygen atoms in total. The minimum absolute atomic E-state index is 0.129. The number of hydrogen-bond donors (Lipinski definition) is 1. The van der Waals surface area contributed by atoms with Crippen LogP contribution < -0.4 is 10.1 Å². The fourth-order valence-electron chi connectivity index (χ4n) is 2.70. The Morgan fingerprint density at radius 1 is 1.21 bits per heavy atom. The third-order valence-corrected chi connectivity index (χ3v) is 4.10. The Morgan fingerprint density at radius 3 is 2.82 bits per heavy atom. The summed E-state index contributed by atoms with van der Waals surface area (Å²) in [5.74, 6) is 0.669. The minimum atomic E-state index is -0.280. The van der Waals surface area contributed by atoms with Crippen molar-refractivity contribution in [3.8, 4) is 5.75 Å². The van der Waals surface area contributed by atoms with Crippen molar-refractivity contribution in [3.05, 3.63) is 71.3 Å². The highest BCUT2D eigenvalue weighted by Gasteiger charge is 2.11. The van der Waals surface area contributed by atoms with Gasteiger partial charge in [-0.3, -0.25) is 4.79 Å². The Bertz CT molecular complexity index is 942. The number of carbonyl (C=O) groups is 1. The Kier molecular flexibility index (Phi) is 6.31. The quantitative estimate of drug-likeness (QED) is 0.647. The zero-order chi connectivity index (χ0) is 19.9. The number of rotatable bonds is 8. The molecule has 0 atom stereocenters. The predicted molar refractivity (Wildman–Crippen MR) is 101 cm³/mol. The van der Waals surface area contributed by atoms with Crippen LogP contribution in [-0.4, -0.2) is 32.7 Å². The van der Waals surface area contributed by atoms with E-state index in [1.807, 2.05) is 19.9 Å². The molecule has 0 spiro atoms. The second-order valence-electron chi connectivity index (χ2n) is 6.59. The highest BCUT2D eigenvalue weighted by Crippen LogP contribution is 2.15. The van der Waals surface area contributed by atoms with E-state index >= 15 is 0 Å². The predicted octanol–water partition coefficient (Wildman–Crippen LogP) is 2.94. The van der Waals surface area contributed by atoms with Crippen LogP contribution >= 0.6 is 0 Å². The largest absolute Gasteiger partial charge is 0.486 e. The Hall–Kier alpha value is -3.29. The molecule has 8 heteroatoms. The lowest BCUT2D eigenvalue weighted by molar-refractivity contribution is 0.0953. The van der Waals surface area contributed by atoms with Crippen molar-refractivity contribution in [2.75, 3.05) is 6.54 Å². The van der Waals surface area contributed by atoms with Crippen LogP contribution in [0.4, 0.5) is 4.39 Å². The van der Waals surface area contributed by atoms with Crippen LogP contribution in [-0.2, 0) is 13.0 Å². The lowest BCUT2D eigenvalue weighted by Gasteiger charge is -2.10. The zero-order valence-corrected chi connectivity index (χ0v) is 15.8. The van der Waals surface area contributed by atoms with Crippen molar-refractivity contribution in [3.63, 3.8) is 0 Å². The lowest BCUT2D eigenvalue weighted by atomic mass is 10.1. The molecule has 2 aromatic carbocycles. The number of amides is 1. The SMILES string of the molecule is CC(C)n1nnnc1COc1cccc(C(=O)NCCc2cccc(F)c2)c1. The number of halogens is 1. The van der Waals surface area contributed by atoms with Gasteiger partial charge in [0.15, 0.2) is 5.82 Å². The van der Waals surface area contributed by atoms with Gasteiger partial charge in [0.2, 0.25) is 0 Å². The van der Waals surface area contributed by atoms with E-state index in [-0.39, 0.29) is 24.4 Å². The molecule has 1 amide bonds. The summed E-state index contributed by atoms with van der Waals surface area (Å²) in [6.07, 6.45) is 0.553. The second kappa shape index (κ2) is 9.07. The molecule has 146 valence electrons. The Labute approximate surface area is 162 Å². The Morgan fingerprint density at radius 2 is 2.04 bits per heavy atom. The van der Waals surface area contributed by atoms with Gasteiger partial charge in [0.05, 0.1) is 6.04 Å². The summed E-state index contributed by atoms with van der Waals surface area (Å²) in [7, 11) is 0. The zero-order valence-electron chi connectivity index (χ0n) is 15.8. The molecule has 1 aromatic heterocycles. The third-order valence-electron chi connectivity index (χ3n) is 4.10. The molecule has 0 aliphatic heterocycles. The first-order valence-corrected chi connectivity index (χ1v) is 9.05. The average molecular weight is 383 g/mol. The fourth-order valence-corrected chi connectivity index (χ4v) is 2.70. The van der Waals surface area contributed by atoms with Gasteiger partial charge in [-0.25, -0.2) is 9.07 Å². The highest BCUT2D eigenvalue weighted by molar-refractivity contribution is 5.94. The number of nitrogens with zero attached hydrogens (tertiary/aromatic N) is 4. The summed E-state index contributed by atoms with van der Waals surface area (Å²) >= 11 is 0. The van der Waals surface area contributed by atoms with Gasteiger partial charge in [-0.2, -0.15) is 0 Å². The van der Waals surface area contributed by atoms with Crippen LogP contribution in [0.2, 0.25) is 0 Å². The topological polar surface area (TPSA) is 81.9 Å². The van der Waals surface area contributed by atoms with Crippen molar-refractivity contribution < 1.29 is 13.9 Å². The van der Waals surface area contributed by atoms with E-state index in [1.54, 1.807) is 35.0 Å². The molecule has 3 aromatic rings. The Balaban J connectivity index is 1.54. The number of benzene rings is 2. The molecule has 0 saturated heterocycles. The van der Waals surface area contributed by atoms with Crippen molar-refractivity contribution >= 4 is 5.91 Å². The summed E-state index contributed by atoms with van der Waals surface area (Å²) in [6, 6.07) is 13.4. The summed E-state index contributed by atoms with van der Waals surface area (Å²) in [5, 5.41) is 14.4. The number of nitrogens with one attached hydrogen (secondary N) is 1. The van der Waals surface area contributed by atoms with Gasteiger partial charge < -0.3 is 10.1 Å². The van der Waals surface area contributed by atoms with Crippen molar-refractivity contribution in [1.29, 1.82) is 0 Å². The lowest BCUT2D eigenvalue weighted by Crippen LogP contribution is -2.25. The van der Waals surface area contributed by atoms with Crippen molar-refractivity contribution in [2.45, 2.75) is 32.9 Å². The molecule has 1 N–H and O–H groups in total. The molecule has 28 heavy (non-hydrogen) atoms. The van der Waals surface area contributed by atoms with Crippen LogP contribution in [0.1, 0.15) is 41.6 Å². The van der Waals surface area contributed by atoms with Gasteiger partial charge in [-0.1, -0.05) is 18.2 Å². The smallest absolute Gasteiger partial charge is 0.251 e. The number of aromatic nitrogens is 4. The van der Waals surface area contributed by atoms with Gasteiger partial charge in [0, 0.05) is 12.1 Å². The minimum Gasteiger partial charge on any atom is -0.486 e. The van der Waals surface area contributed by atoms with Crippen LogP contribution in [0.5, 0.6) is 5.75 Å². The number of carbonyl (C=O) groups excluding carboxylic acids is 1. The van der Waals surface area contributed by atoms with Crippen molar-refractivity contribution in [2.24, 2.45) is 0 Å². The molecule has 0 radical (unpaired) electrons. The van der Waals surface area contributed by atoms with E-state index in [2.05, 4.69) is 20.8 Å². The summed E-state index contributed by atoms with van der Waals surface area (Å²) in [4.78, 5) is 12.4. The van der Waals surface area contributed by atoms with Gasteiger partial charge in [0.25, 0.3) is 5.91 Å². The van der Waals surface area contributed by atoms with Gasteiger partial charge >= 0.3 is 0 Å². The number of tetrazole rings is 1. The molecule has 0 unspecified atom stereocenters. The molecular weight excluding hydrogens is 361 g/mol. The monoisotopic (exact) mass is 383 g/mol. The summed E-state index contributed by atoms with van der Waals surface area (Å²) in [5.41, 5.74) is 1.32. The van der Waals surface area contributed by atoms with Crippen LogP contribution in [0, 0.1) is 5.82 Å². The average Bonchev–Trinajstić information content (AvgIpc) is 3.15. The maximum absolute atomic E-state index is 13.2. The first-order chi connectivity index (χ1) is 13.5. The number of hydrogen-bond acceptors (Lipinski definition) is 5. The maximum atomic E-state index is 13.2. The van der Waals surface area contributed by atoms with E-state index in [4.69, 9.17) is 4.74 Å². The molecule has 1 heterocycles. The second-order valence-corrected chi connectivity index (χ2v) is 6.59. The first kappa shape index (κ1) is 19.5. The molecule has 0 fully saturated rings. The fraction of sp³-hybridized carbons (Fsp3) is 0.300. The van der Waals surface area contributed by atoms with Gasteiger partial charge in [-0.05, 0) is 66.6 Å². The normalized spacial score (nSPS) is 10.9. The maximum Gasteiger partial charge on any atom is 0.251 e. The molecule has 0 bridgehead atoms. The van der Waals surface area contributed by atoms with E-state index in [0.29, 0.717) is 30.1 Å². The molecule has 0 aliphatic carbocycles. The van der Waals surface area contributed by atoms with E-state index in [9.17, 15) is 9.18 Å². The summed E-state index contributed by atoms with van der Waals surface area (Å²) in [6.45, 7) is 4.58. The van der Waals surface area contributed by atoms with Gasteiger partial charge in [0.1, 0.15) is 18.2 Å². The standard InChI is InChI=1S/C20H22FN5O2/c1-14(2)26-19(23-24-25-26)13-28-18-8-4-6-16(12-18)20(27)22-10-9-15-5-3-7-17(21)11-15/h3-8,11-12,14H,9-10,13H2,1-2H3,(H,22,27). The molecule has 0 aliphatic rings. The van der Waals surface area contributed by atoms with E-state index < -0.39 is 0 Å². The van der Waals surface area contributed by atoms with Crippen LogP contribution in [0.25, 0.3) is 0 Å². The highest BCUT2D eigenvalue weighted by atomic mass is 19.1. The third kappa shape index (κ3) is 5.12. The molecular formula is C20H22FN5O2. The van der Waals surface area contributed by atoms with Crippen LogP contribution in [0.3, 0.4) is 0 Å². The van der Waals surface area contributed by atoms with Gasteiger partial charge in [-0.15, -0.1) is 5.10 Å². The first-order valence-electron chi connectivity index (χ1n) is 9.05. The van der Waals surface area contributed by atoms with E-state index in [0.717, 1.165) is 5.56 Å². The summed E-state index contributed by atoms with van der Waals surface area (Å²) < 4.78 is 20.6. The van der Waals surface area contributed by atoms with Crippen molar-refractivity contribution in [1.82, 2.24) is 25.5 Å². The number of ether oxygens (including phenoxy) is 1. The molecule has 0 saturated carbocycles. The van der Waals surface area contributed by atoms with Crippen LogP contribution in [0.15, 0.2) is 48.5 Å². The molecule has 3 rings (SSSR count).